The van der Waals surface area contributed by atoms with Gasteiger partial charge in [-0.2, -0.15) is 0 Å². The van der Waals surface area contributed by atoms with Crippen molar-refractivity contribution in [2.45, 2.75) is 26.3 Å². The van der Waals surface area contributed by atoms with E-state index in [0.717, 1.165) is 5.56 Å². The predicted molar refractivity (Wildman–Crippen MR) is 114 cm³/mol. The van der Waals surface area contributed by atoms with Crippen LogP contribution >= 0.6 is 0 Å². The van der Waals surface area contributed by atoms with Gasteiger partial charge in [0.1, 0.15) is 5.82 Å². The van der Waals surface area contributed by atoms with Gasteiger partial charge in [-0.15, -0.1) is 0 Å². The minimum Gasteiger partial charge on any atom is -0.336 e. The summed E-state index contributed by atoms with van der Waals surface area (Å²) in [6, 6.07) is 12.8. The molecule has 2 aromatic rings. The Kier molecular flexibility index (Phi) is 8.15. The number of anilines is 2. The topological polar surface area (TPSA) is 73.5 Å². The second-order valence-electron chi connectivity index (χ2n) is 7.59. The Hall–Kier alpha value is -2.93. The molecule has 6 nitrogen and oxygen atoms in total. The lowest BCUT2D eigenvalue weighted by atomic mass is 10.1. The fourth-order valence-corrected chi connectivity index (χ4v) is 2.87. The molecule has 0 spiro atoms. The summed E-state index contributed by atoms with van der Waals surface area (Å²) in [4.78, 5) is 26.0. The second kappa shape index (κ2) is 10.6. The zero-order valence-corrected chi connectivity index (χ0v) is 17.3. The third-order valence-electron chi connectivity index (χ3n) is 4.35. The van der Waals surface area contributed by atoms with E-state index < -0.39 is 0 Å². The first-order chi connectivity index (χ1) is 13.7. The first-order valence-corrected chi connectivity index (χ1v) is 9.61. The maximum absolute atomic E-state index is 13.1. The standard InChI is InChI=1S/C22H29FN4O2/c1-15(2)13-21(28)25-18-9-11-19(12-10-18)26-22(29)24-14-20(27(3)4)16-5-7-17(23)8-6-16/h5-12,15,20H,13-14H2,1-4H3,(H,25,28)(H2,24,26,29). The number of nitrogens with zero attached hydrogens (tertiary/aromatic N) is 1. The van der Waals surface area contributed by atoms with Crippen LogP contribution in [-0.4, -0.2) is 37.5 Å². The molecule has 0 fully saturated rings. The predicted octanol–water partition coefficient (Wildman–Crippen LogP) is 4.23. The molecular formula is C22H29FN4O2. The SMILES string of the molecule is CC(C)CC(=O)Nc1ccc(NC(=O)NCC(c2ccc(F)cc2)N(C)C)cc1. The van der Waals surface area contributed by atoms with E-state index in [-0.39, 0.29) is 23.8 Å². The molecule has 0 bridgehead atoms. The van der Waals surface area contributed by atoms with Crippen LogP contribution in [0.25, 0.3) is 0 Å². The van der Waals surface area contributed by atoms with E-state index in [4.69, 9.17) is 0 Å². The minimum atomic E-state index is -0.337. The maximum Gasteiger partial charge on any atom is 0.319 e. The number of amides is 3. The molecule has 2 rings (SSSR count). The van der Waals surface area contributed by atoms with E-state index in [2.05, 4.69) is 16.0 Å². The molecule has 0 aromatic heterocycles. The van der Waals surface area contributed by atoms with Crippen LogP contribution in [0.3, 0.4) is 0 Å². The summed E-state index contributed by atoms with van der Waals surface area (Å²) in [5.41, 5.74) is 2.22. The smallest absolute Gasteiger partial charge is 0.319 e. The van der Waals surface area contributed by atoms with Gasteiger partial charge in [-0.25, -0.2) is 9.18 Å². The van der Waals surface area contributed by atoms with Crippen LogP contribution in [0.5, 0.6) is 0 Å². The Morgan fingerprint density at radius 3 is 2.00 bits per heavy atom. The molecule has 0 radical (unpaired) electrons. The monoisotopic (exact) mass is 400 g/mol. The van der Waals surface area contributed by atoms with E-state index in [0.29, 0.717) is 30.3 Å². The van der Waals surface area contributed by atoms with E-state index >= 15 is 0 Å². The van der Waals surface area contributed by atoms with Gasteiger partial charge in [0.05, 0.1) is 6.04 Å². The third-order valence-corrected chi connectivity index (χ3v) is 4.35. The van der Waals surface area contributed by atoms with Crippen LogP contribution in [0.1, 0.15) is 31.9 Å². The van der Waals surface area contributed by atoms with Crippen LogP contribution < -0.4 is 16.0 Å². The Labute approximate surface area is 171 Å². The van der Waals surface area contributed by atoms with Crippen molar-refractivity contribution in [3.05, 3.63) is 59.9 Å². The minimum absolute atomic E-state index is 0.0334. The van der Waals surface area contributed by atoms with Gasteiger partial charge >= 0.3 is 6.03 Å². The molecule has 7 heteroatoms. The molecule has 1 unspecified atom stereocenters. The number of hydrogen-bond donors (Lipinski definition) is 3. The van der Waals surface area contributed by atoms with Gasteiger partial charge in [0.25, 0.3) is 0 Å². The number of likely N-dealkylation sites (N-methyl/N-ethyl adjacent to an activating group) is 1. The normalized spacial score (nSPS) is 12.0. The van der Waals surface area contributed by atoms with Gasteiger partial charge in [-0.1, -0.05) is 26.0 Å². The molecule has 0 aliphatic heterocycles. The quantitative estimate of drug-likeness (QED) is 0.621. The first kappa shape index (κ1) is 22.4. The van der Waals surface area contributed by atoms with Crippen molar-refractivity contribution in [2.24, 2.45) is 5.92 Å². The zero-order chi connectivity index (χ0) is 21.4. The zero-order valence-electron chi connectivity index (χ0n) is 17.3. The fourth-order valence-electron chi connectivity index (χ4n) is 2.87. The molecule has 0 aliphatic rings. The van der Waals surface area contributed by atoms with Crippen molar-refractivity contribution < 1.29 is 14.0 Å². The molecule has 0 aliphatic carbocycles. The van der Waals surface area contributed by atoms with E-state index in [9.17, 15) is 14.0 Å². The Bertz CT molecular complexity index is 805. The molecule has 0 saturated heterocycles. The number of rotatable bonds is 8. The van der Waals surface area contributed by atoms with E-state index in [1.54, 1.807) is 36.4 Å². The van der Waals surface area contributed by atoms with Crippen LogP contribution in [0.15, 0.2) is 48.5 Å². The summed E-state index contributed by atoms with van der Waals surface area (Å²) in [7, 11) is 3.81. The third kappa shape index (κ3) is 7.54. The number of halogens is 1. The van der Waals surface area contributed by atoms with E-state index in [1.807, 2.05) is 32.8 Å². The molecule has 1 atom stereocenters. The molecule has 3 amide bonds. The lowest BCUT2D eigenvalue weighted by molar-refractivity contribution is -0.116. The number of urea groups is 1. The highest BCUT2D eigenvalue weighted by atomic mass is 19.1. The van der Waals surface area contributed by atoms with Gasteiger partial charge in [0.15, 0.2) is 0 Å². The molecule has 3 N–H and O–H groups in total. The number of nitrogens with one attached hydrogen (secondary N) is 3. The van der Waals surface area contributed by atoms with Crippen LogP contribution in [0.2, 0.25) is 0 Å². The van der Waals surface area contributed by atoms with Gasteiger partial charge in [0.2, 0.25) is 5.91 Å². The average molecular weight is 400 g/mol. The molecule has 29 heavy (non-hydrogen) atoms. The van der Waals surface area contributed by atoms with Gasteiger partial charge < -0.3 is 20.9 Å². The second-order valence-corrected chi connectivity index (χ2v) is 7.59. The van der Waals surface area contributed by atoms with Crippen LogP contribution in [0.4, 0.5) is 20.6 Å². The summed E-state index contributed by atoms with van der Waals surface area (Å²) < 4.78 is 13.1. The highest BCUT2D eigenvalue weighted by Gasteiger charge is 2.15. The molecule has 156 valence electrons. The first-order valence-electron chi connectivity index (χ1n) is 9.61. The molecule has 0 saturated carbocycles. The highest BCUT2D eigenvalue weighted by Crippen LogP contribution is 2.18. The summed E-state index contributed by atoms with van der Waals surface area (Å²) in [6.07, 6.45) is 0.462. The summed E-state index contributed by atoms with van der Waals surface area (Å²) >= 11 is 0. The van der Waals surface area contributed by atoms with Crippen molar-refractivity contribution in [1.82, 2.24) is 10.2 Å². The number of carbonyl (C=O) groups excluding carboxylic acids is 2. The maximum atomic E-state index is 13.1. The van der Waals surface area contributed by atoms with Gasteiger partial charge in [0, 0.05) is 24.3 Å². The fraction of sp³-hybridized carbons (Fsp3) is 0.364. The summed E-state index contributed by atoms with van der Waals surface area (Å²) in [5, 5.41) is 8.44. The highest BCUT2D eigenvalue weighted by molar-refractivity contribution is 5.92. The summed E-state index contributed by atoms with van der Waals surface area (Å²) in [6.45, 7) is 4.35. The van der Waals surface area contributed by atoms with Crippen molar-refractivity contribution in [3.8, 4) is 0 Å². The Balaban J connectivity index is 1.87. The molecule has 2 aromatic carbocycles. The van der Waals surface area contributed by atoms with Crippen molar-refractivity contribution in [2.75, 3.05) is 31.3 Å². The largest absolute Gasteiger partial charge is 0.336 e. The van der Waals surface area contributed by atoms with Gasteiger partial charge in [-0.3, -0.25) is 4.79 Å². The van der Waals surface area contributed by atoms with Crippen molar-refractivity contribution in [1.29, 1.82) is 0 Å². The number of benzene rings is 2. The van der Waals surface area contributed by atoms with Gasteiger partial charge in [-0.05, 0) is 62.0 Å². The summed E-state index contributed by atoms with van der Waals surface area (Å²) in [5.74, 6) is -0.0321. The Morgan fingerprint density at radius 2 is 1.48 bits per heavy atom. The molecular weight excluding hydrogens is 371 g/mol. The average Bonchev–Trinajstić information content (AvgIpc) is 2.64. The van der Waals surface area contributed by atoms with Crippen LogP contribution in [0, 0.1) is 11.7 Å². The van der Waals surface area contributed by atoms with Crippen LogP contribution in [-0.2, 0) is 4.79 Å². The van der Waals surface area contributed by atoms with Crippen molar-refractivity contribution >= 4 is 23.3 Å². The number of hydrogen-bond acceptors (Lipinski definition) is 3. The molecule has 0 heterocycles. The Morgan fingerprint density at radius 1 is 0.931 bits per heavy atom. The van der Waals surface area contributed by atoms with Crippen molar-refractivity contribution in [3.63, 3.8) is 0 Å². The lowest BCUT2D eigenvalue weighted by Crippen LogP contribution is -2.36. The number of carbonyl (C=O) groups is 2. The van der Waals surface area contributed by atoms with E-state index in [1.165, 1.54) is 12.1 Å². The lowest BCUT2D eigenvalue weighted by Gasteiger charge is -2.25.